The second-order valence-corrected chi connectivity index (χ2v) is 6.37. The Hall–Kier alpha value is -4.04. The Morgan fingerprint density at radius 2 is 2.07 bits per heavy atom. The number of pyridine rings is 2. The fourth-order valence-electron chi connectivity index (χ4n) is 2.85. The average Bonchev–Trinajstić information content (AvgIpc) is 3.26. The average molecular weight is 386 g/mol. The summed E-state index contributed by atoms with van der Waals surface area (Å²) in [6.07, 6.45) is 7.83. The Kier molecular flexibility index (Phi) is 6.29. The first-order chi connectivity index (χ1) is 14.1. The van der Waals surface area contributed by atoms with E-state index in [-0.39, 0.29) is 11.9 Å². The maximum atomic E-state index is 12.8. The summed E-state index contributed by atoms with van der Waals surface area (Å²) in [5.41, 5.74) is 2.09. The molecule has 1 amide bonds. The Morgan fingerprint density at radius 3 is 2.79 bits per heavy atom. The molecule has 8 heteroatoms. The van der Waals surface area contributed by atoms with Crippen LogP contribution in [0.5, 0.6) is 5.88 Å². The molecule has 0 fully saturated rings. The molecule has 0 aliphatic carbocycles. The number of aromatic nitrogens is 2. The van der Waals surface area contributed by atoms with E-state index >= 15 is 0 Å². The van der Waals surface area contributed by atoms with Gasteiger partial charge in [-0.05, 0) is 30.5 Å². The molecule has 2 aromatic heterocycles. The van der Waals surface area contributed by atoms with Gasteiger partial charge in [-0.1, -0.05) is 6.58 Å². The highest BCUT2D eigenvalue weighted by Gasteiger charge is 2.29. The number of hydrogen-bond acceptors (Lipinski definition) is 7. The van der Waals surface area contributed by atoms with E-state index in [0.717, 1.165) is 5.56 Å². The van der Waals surface area contributed by atoms with Crippen molar-refractivity contribution in [1.29, 1.82) is 10.5 Å². The highest BCUT2D eigenvalue weighted by molar-refractivity contribution is 5.94. The lowest BCUT2D eigenvalue weighted by atomic mass is 10.0. The SMILES string of the molecule is C=C(CCCOc1ccc(C#N)cn1)C(=O)N1N=CCC1c1cncc(C#N)c1. The van der Waals surface area contributed by atoms with Gasteiger partial charge in [0.15, 0.2) is 0 Å². The van der Waals surface area contributed by atoms with Crippen molar-refractivity contribution >= 4 is 12.1 Å². The molecule has 0 saturated carbocycles. The summed E-state index contributed by atoms with van der Waals surface area (Å²) in [4.78, 5) is 20.9. The van der Waals surface area contributed by atoms with Crippen LogP contribution in [0, 0.1) is 22.7 Å². The zero-order valence-corrected chi connectivity index (χ0v) is 15.7. The first kappa shape index (κ1) is 19.7. The number of nitrogens with zero attached hydrogens (tertiary/aromatic N) is 6. The molecule has 1 aliphatic heterocycles. The van der Waals surface area contributed by atoms with Gasteiger partial charge < -0.3 is 4.74 Å². The van der Waals surface area contributed by atoms with Crippen molar-refractivity contribution in [2.24, 2.45) is 5.10 Å². The van der Waals surface area contributed by atoms with Gasteiger partial charge in [0.1, 0.15) is 12.1 Å². The second-order valence-electron chi connectivity index (χ2n) is 6.37. The molecule has 29 heavy (non-hydrogen) atoms. The van der Waals surface area contributed by atoms with Crippen LogP contribution in [0.2, 0.25) is 0 Å². The third-order valence-corrected chi connectivity index (χ3v) is 4.35. The van der Waals surface area contributed by atoms with Gasteiger partial charge in [0.2, 0.25) is 5.88 Å². The molecule has 0 aromatic carbocycles. The van der Waals surface area contributed by atoms with Gasteiger partial charge in [0.25, 0.3) is 5.91 Å². The van der Waals surface area contributed by atoms with E-state index in [1.807, 2.05) is 6.07 Å². The van der Waals surface area contributed by atoms with Crippen molar-refractivity contribution in [3.05, 3.63) is 65.6 Å². The Labute approximate surface area is 168 Å². The van der Waals surface area contributed by atoms with Gasteiger partial charge >= 0.3 is 0 Å². The monoisotopic (exact) mass is 386 g/mol. The summed E-state index contributed by atoms with van der Waals surface area (Å²) < 4.78 is 5.52. The van der Waals surface area contributed by atoms with Crippen molar-refractivity contribution in [2.45, 2.75) is 25.3 Å². The molecule has 1 unspecified atom stereocenters. The van der Waals surface area contributed by atoms with E-state index in [9.17, 15) is 4.79 Å². The van der Waals surface area contributed by atoms with Crippen LogP contribution in [0.4, 0.5) is 0 Å². The molecular formula is C21H18N6O2. The molecule has 0 saturated heterocycles. The minimum atomic E-state index is -0.292. The minimum absolute atomic E-state index is 0.261. The number of carbonyl (C=O) groups is 1. The maximum Gasteiger partial charge on any atom is 0.269 e. The number of amides is 1. The molecule has 0 N–H and O–H groups in total. The van der Waals surface area contributed by atoms with Gasteiger partial charge in [0, 0.05) is 42.9 Å². The van der Waals surface area contributed by atoms with E-state index in [4.69, 9.17) is 15.3 Å². The van der Waals surface area contributed by atoms with Crippen molar-refractivity contribution in [3.8, 4) is 18.0 Å². The Balaban J connectivity index is 1.52. The second kappa shape index (κ2) is 9.25. The lowest BCUT2D eigenvalue weighted by Gasteiger charge is -2.23. The van der Waals surface area contributed by atoms with Gasteiger partial charge in [-0.3, -0.25) is 9.78 Å². The van der Waals surface area contributed by atoms with E-state index in [2.05, 4.69) is 27.7 Å². The largest absolute Gasteiger partial charge is 0.478 e. The van der Waals surface area contributed by atoms with Crippen LogP contribution < -0.4 is 4.74 Å². The van der Waals surface area contributed by atoms with Gasteiger partial charge in [-0.25, -0.2) is 9.99 Å². The van der Waals surface area contributed by atoms with Crippen LogP contribution in [0.25, 0.3) is 0 Å². The highest BCUT2D eigenvalue weighted by atomic mass is 16.5. The Morgan fingerprint density at radius 1 is 1.24 bits per heavy atom. The molecular weight excluding hydrogens is 368 g/mol. The quantitative estimate of drug-likeness (QED) is 0.534. The van der Waals surface area contributed by atoms with Crippen LogP contribution in [-0.4, -0.2) is 33.7 Å². The molecule has 0 spiro atoms. The third kappa shape index (κ3) is 4.82. The predicted octanol–water partition coefficient (Wildman–Crippen LogP) is 2.89. The molecule has 2 aromatic rings. The van der Waals surface area contributed by atoms with Crippen LogP contribution in [0.1, 0.15) is 42.0 Å². The van der Waals surface area contributed by atoms with Crippen LogP contribution in [0.15, 0.2) is 54.0 Å². The van der Waals surface area contributed by atoms with Crippen molar-refractivity contribution < 1.29 is 9.53 Å². The summed E-state index contributed by atoms with van der Waals surface area (Å²) in [6, 6.07) is 8.73. The summed E-state index contributed by atoms with van der Waals surface area (Å²) in [7, 11) is 0. The fourth-order valence-corrected chi connectivity index (χ4v) is 2.85. The zero-order chi connectivity index (χ0) is 20.6. The number of nitriles is 2. The molecule has 1 atom stereocenters. The van der Waals surface area contributed by atoms with Crippen LogP contribution in [0.3, 0.4) is 0 Å². The van der Waals surface area contributed by atoms with Crippen molar-refractivity contribution in [1.82, 2.24) is 15.0 Å². The predicted molar refractivity (Wildman–Crippen MR) is 104 cm³/mol. The normalized spacial score (nSPS) is 14.8. The lowest BCUT2D eigenvalue weighted by molar-refractivity contribution is -0.129. The molecule has 8 nitrogen and oxygen atoms in total. The zero-order valence-electron chi connectivity index (χ0n) is 15.7. The number of hydrogen-bond donors (Lipinski definition) is 0. The first-order valence-corrected chi connectivity index (χ1v) is 9.00. The van der Waals surface area contributed by atoms with E-state index in [1.54, 1.807) is 30.6 Å². The number of hydrazone groups is 1. The van der Waals surface area contributed by atoms with E-state index < -0.39 is 0 Å². The molecule has 3 heterocycles. The maximum absolute atomic E-state index is 12.8. The summed E-state index contributed by atoms with van der Waals surface area (Å²) in [5, 5.41) is 23.4. The molecule has 0 radical (unpaired) electrons. The summed E-state index contributed by atoms with van der Waals surface area (Å²) in [5.74, 6) is 0.164. The van der Waals surface area contributed by atoms with Gasteiger partial charge in [0.05, 0.1) is 23.8 Å². The fraction of sp³-hybridized carbons (Fsp3) is 0.238. The molecule has 1 aliphatic rings. The summed E-state index contributed by atoms with van der Waals surface area (Å²) in [6.45, 7) is 4.26. The topological polar surface area (TPSA) is 115 Å². The van der Waals surface area contributed by atoms with E-state index in [0.29, 0.717) is 48.4 Å². The smallest absolute Gasteiger partial charge is 0.269 e. The third-order valence-electron chi connectivity index (χ3n) is 4.35. The van der Waals surface area contributed by atoms with Crippen molar-refractivity contribution in [2.75, 3.05) is 6.61 Å². The first-order valence-electron chi connectivity index (χ1n) is 9.00. The minimum Gasteiger partial charge on any atom is -0.478 e. The van der Waals surface area contributed by atoms with Crippen LogP contribution in [-0.2, 0) is 4.79 Å². The highest BCUT2D eigenvalue weighted by Crippen LogP contribution is 2.29. The molecule has 3 rings (SSSR count). The van der Waals surface area contributed by atoms with E-state index in [1.165, 1.54) is 17.4 Å². The number of carbonyl (C=O) groups excluding carboxylic acids is 1. The molecule has 0 bridgehead atoms. The molecule has 144 valence electrons. The number of ether oxygens (including phenoxy) is 1. The number of rotatable bonds is 7. The van der Waals surface area contributed by atoms with Crippen LogP contribution >= 0.6 is 0 Å². The standard InChI is InChI=1S/C21H18N6O2/c1-15(3-2-8-29-20-5-4-16(10-22)13-25-20)21(28)27-19(6-7-26-27)18-9-17(11-23)12-24-14-18/h4-5,7,9,12-14,19H,1-3,6,8H2. The Bertz CT molecular complexity index is 1020. The summed E-state index contributed by atoms with van der Waals surface area (Å²) >= 11 is 0. The van der Waals surface area contributed by atoms with Crippen molar-refractivity contribution in [3.63, 3.8) is 0 Å². The lowest BCUT2D eigenvalue weighted by Crippen LogP contribution is -2.28. The van der Waals surface area contributed by atoms with Gasteiger partial charge in [-0.2, -0.15) is 15.6 Å². The van der Waals surface area contributed by atoms with Gasteiger partial charge in [-0.15, -0.1) is 0 Å².